The van der Waals surface area contributed by atoms with Crippen molar-refractivity contribution in [2.75, 3.05) is 0 Å². The third kappa shape index (κ3) is 5.03. The highest BCUT2D eigenvalue weighted by Gasteiger charge is 2.15. The normalized spacial score (nSPS) is 23.2. The van der Waals surface area contributed by atoms with Crippen LogP contribution in [-0.4, -0.2) is 31.4 Å². The lowest BCUT2D eigenvalue weighted by molar-refractivity contribution is -0.0933. The van der Waals surface area contributed by atoms with Crippen molar-refractivity contribution in [1.82, 2.24) is 0 Å². The number of hydrogen-bond acceptors (Lipinski definition) is 5. The second-order valence-corrected chi connectivity index (χ2v) is 3.97. The Kier molecular flexibility index (Phi) is 3.63. The quantitative estimate of drug-likeness (QED) is 0.484. The second-order valence-electron chi connectivity index (χ2n) is 1.66. The topological polar surface area (TPSA) is 87.0 Å². The fraction of sp³-hybridized carbons (Fsp3) is 1.00. The predicted molar refractivity (Wildman–Crippen MR) is 36.9 cm³/mol. The molecule has 10 heavy (non-hydrogen) atoms. The van der Waals surface area contributed by atoms with Crippen molar-refractivity contribution in [2.24, 2.45) is 0 Å². The van der Waals surface area contributed by atoms with Crippen LogP contribution in [0.4, 0.5) is 0 Å². The highest BCUT2D eigenvalue weighted by molar-refractivity contribution is 8.27. The van der Waals surface area contributed by atoms with Crippen LogP contribution in [0.2, 0.25) is 0 Å². The van der Waals surface area contributed by atoms with Crippen LogP contribution in [0.1, 0.15) is 6.92 Å². The van der Waals surface area contributed by atoms with Crippen LogP contribution >= 0.6 is 0 Å². The minimum absolute atomic E-state index is 1.20. The zero-order valence-electron chi connectivity index (χ0n) is 5.13. The van der Waals surface area contributed by atoms with Gasteiger partial charge >= 0.3 is 0 Å². The molecule has 0 aliphatic carbocycles. The Bertz CT molecular complexity index is 183. The van der Waals surface area contributed by atoms with Crippen molar-refractivity contribution in [3.63, 3.8) is 0 Å². The van der Waals surface area contributed by atoms with Crippen molar-refractivity contribution in [3.05, 3.63) is 0 Å². The summed E-state index contributed by atoms with van der Waals surface area (Å²) >= 11 is 3.87. The van der Waals surface area contributed by atoms with Gasteiger partial charge in [0, 0.05) is 11.2 Å². The Morgan fingerprint density at radius 1 is 1.60 bits per heavy atom. The molecule has 0 saturated heterocycles. The lowest BCUT2D eigenvalue weighted by Crippen LogP contribution is -2.27. The molecule has 3 unspecified atom stereocenters. The minimum Gasteiger partial charge on any atom is -0.388 e. The van der Waals surface area contributed by atoms with Gasteiger partial charge in [-0.3, -0.25) is 4.55 Å². The van der Waals surface area contributed by atoms with E-state index in [1.54, 1.807) is 0 Å². The largest absolute Gasteiger partial charge is 0.388 e. The van der Waals surface area contributed by atoms with Crippen molar-refractivity contribution in [2.45, 2.75) is 19.3 Å². The fourth-order valence-electron chi connectivity index (χ4n) is 0.205. The highest BCUT2D eigenvalue weighted by Crippen LogP contribution is 1.98. The Morgan fingerprint density at radius 3 is 2.10 bits per heavy atom. The molecular formula is C3H8O5S2. The van der Waals surface area contributed by atoms with Crippen LogP contribution in [0.15, 0.2) is 0 Å². The summed E-state index contributed by atoms with van der Waals surface area (Å²) < 4.78 is 22.4. The van der Waals surface area contributed by atoms with Crippen molar-refractivity contribution in [1.29, 1.82) is 0 Å². The van der Waals surface area contributed by atoms with E-state index in [1.807, 2.05) is 0 Å². The third-order valence-corrected chi connectivity index (χ3v) is 1.31. The average molecular weight is 188 g/mol. The fourth-order valence-corrected chi connectivity index (χ4v) is 0.856. The maximum absolute atomic E-state index is 10.2. The molecule has 3 N–H and O–H groups in total. The molecule has 0 aliphatic rings. The number of aliphatic hydroxyl groups is 2. The molecule has 0 radical (unpaired) electrons. The Balaban J connectivity index is 3.93. The maximum Gasteiger partial charge on any atom is 0.269 e. The highest BCUT2D eigenvalue weighted by atomic mass is 32.9. The molecule has 5 nitrogen and oxygen atoms in total. The van der Waals surface area contributed by atoms with Gasteiger partial charge in [0.25, 0.3) is 9.05 Å². The van der Waals surface area contributed by atoms with Gasteiger partial charge in [0.15, 0.2) is 6.29 Å². The molecule has 0 rings (SSSR count). The summed E-state index contributed by atoms with van der Waals surface area (Å²) in [5, 5.41) is 17.1. The lowest BCUT2D eigenvalue weighted by Gasteiger charge is -2.11. The van der Waals surface area contributed by atoms with Gasteiger partial charge in [-0.1, -0.05) is 0 Å². The molecule has 0 aromatic heterocycles. The minimum atomic E-state index is -3.85. The van der Waals surface area contributed by atoms with E-state index in [4.69, 9.17) is 14.8 Å². The van der Waals surface area contributed by atoms with Crippen LogP contribution in [0.25, 0.3) is 0 Å². The van der Waals surface area contributed by atoms with E-state index in [1.165, 1.54) is 6.92 Å². The number of hydrogen-bond donors (Lipinski definition) is 3. The van der Waals surface area contributed by atoms with Gasteiger partial charge in [-0.15, -0.1) is 0 Å². The molecule has 3 atom stereocenters. The molecule has 0 aliphatic heterocycles. The van der Waals surface area contributed by atoms with E-state index in [9.17, 15) is 4.21 Å². The molecule has 7 heteroatoms. The molecule has 0 aromatic carbocycles. The zero-order chi connectivity index (χ0) is 8.36. The standard InChI is InChI=1S/C3H8O5S2/c1-2(4)3(5)8-10(6,7)9/h2-5H,1H3,(H,6,7,9). The Hall–Kier alpha value is 0.210. The summed E-state index contributed by atoms with van der Waals surface area (Å²) in [4.78, 5) is 0. The summed E-state index contributed by atoms with van der Waals surface area (Å²) in [6.07, 6.45) is -2.95. The van der Waals surface area contributed by atoms with Gasteiger partial charge in [-0.2, -0.15) is 4.21 Å². The first kappa shape index (κ1) is 10.2. The van der Waals surface area contributed by atoms with Crippen LogP contribution < -0.4 is 0 Å². The van der Waals surface area contributed by atoms with E-state index < -0.39 is 21.4 Å². The number of aliphatic hydroxyl groups excluding tert-OH is 2. The van der Waals surface area contributed by atoms with E-state index in [0.717, 1.165) is 0 Å². The van der Waals surface area contributed by atoms with Crippen LogP contribution in [0.5, 0.6) is 0 Å². The average Bonchev–Trinajstić information content (AvgIpc) is 1.60. The molecule has 62 valence electrons. The van der Waals surface area contributed by atoms with Crippen molar-refractivity contribution < 1.29 is 23.2 Å². The van der Waals surface area contributed by atoms with Crippen LogP contribution in [0, 0.1) is 0 Å². The Labute approximate surface area is 63.3 Å². The van der Waals surface area contributed by atoms with Gasteiger partial charge in [-0.05, 0) is 6.92 Å². The van der Waals surface area contributed by atoms with Gasteiger partial charge < -0.3 is 10.2 Å². The predicted octanol–water partition coefficient (Wildman–Crippen LogP) is -1.16. The molecule has 0 saturated carbocycles. The molecule has 0 bridgehead atoms. The summed E-state index contributed by atoms with van der Waals surface area (Å²) in [5.41, 5.74) is 0. The van der Waals surface area contributed by atoms with Crippen LogP contribution in [0.3, 0.4) is 0 Å². The molecular weight excluding hydrogens is 180 g/mol. The third-order valence-electron chi connectivity index (χ3n) is 0.633. The maximum atomic E-state index is 10.2. The molecule has 0 fully saturated rings. The van der Waals surface area contributed by atoms with E-state index in [2.05, 4.69) is 15.4 Å². The zero-order valence-corrected chi connectivity index (χ0v) is 6.76. The van der Waals surface area contributed by atoms with Gasteiger partial charge in [0.2, 0.25) is 0 Å². The monoisotopic (exact) mass is 188 g/mol. The summed E-state index contributed by atoms with van der Waals surface area (Å²) in [5.74, 6) is 0. The molecule has 0 spiro atoms. The summed E-state index contributed by atoms with van der Waals surface area (Å²) in [7, 11) is -3.85. The summed E-state index contributed by atoms with van der Waals surface area (Å²) in [6.45, 7) is 1.20. The first-order valence-corrected chi connectivity index (χ1v) is 4.71. The SMILES string of the molecule is CC(O)C(O)OS(=O)(O)=S. The summed E-state index contributed by atoms with van der Waals surface area (Å²) in [6, 6.07) is 0. The van der Waals surface area contributed by atoms with Gasteiger partial charge in [0.05, 0.1) is 0 Å². The van der Waals surface area contributed by atoms with Crippen molar-refractivity contribution >= 4 is 20.2 Å². The van der Waals surface area contributed by atoms with E-state index in [-0.39, 0.29) is 0 Å². The molecule has 0 amide bonds. The first-order chi connectivity index (χ1) is 4.33. The lowest BCUT2D eigenvalue weighted by atomic mass is 10.4. The van der Waals surface area contributed by atoms with E-state index in [0.29, 0.717) is 0 Å². The molecule has 0 heterocycles. The van der Waals surface area contributed by atoms with Crippen LogP contribution in [-0.2, 0) is 24.4 Å². The van der Waals surface area contributed by atoms with E-state index >= 15 is 0 Å². The Morgan fingerprint density at radius 2 is 2.00 bits per heavy atom. The van der Waals surface area contributed by atoms with Gasteiger partial charge in [0.1, 0.15) is 6.10 Å². The number of rotatable bonds is 3. The first-order valence-electron chi connectivity index (χ1n) is 2.35. The molecule has 0 aromatic rings. The second kappa shape index (κ2) is 3.56. The smallest absolute Gasteiger partial charge is 0.269 e. The van der Waals surface area contributed by atoms with Gasteiger partial charge in [-0.25, -0.2) is 4.18 Å². The van der Waals surface area contributed by atoms with Crippen molar-refractivity contribution in [3.8, 4) is 0 Å².